The molecule has 1 aliphatic carbocycles. The molecule has 3 heteroatoms. The number of anilines is 2. The predicted molar refractivity (Wildman–Crippen MR) is 106 cm³/mol. The zero-order valence-electron chi connectivity index (χ0n) is 16.3. The van der Waals surface area contributed by atoms with Gasteiger partial charge in [-0.1, -0.05) is 52.4 Å². The fourth-order valence-electron chi connectivity index (χ4n) is 3.17. The van der Waals surface area contributed by atoms with Gasteiger partial charge in [0.1, 0.15) is 0 Å². The van der Waals surface area contributed by atoms with E-state index < -0.39 is 0 Å². The Morgan fingerprint density at radius 1 is 1.12 bits per heavy atom. The maximum absolute atomic E-state index is 12.0. The van der Waals surface area contributed by atoms with Crippen LogP contribution in [0.2, 0.25) is 0 Å². The van der Waals surface area contributed by atoms with Gasteiger partial charge in [-0.05, 0) is 43.5 Å². The molecule has 0 radical (unpaired) electrons. The highest BCUT2D eigenvalue weighted by Crippen LogP contribution is 2.27. The van der Waals surface area contributed by atoms with E-state index in [0.29, 0.717) is 0 Å². The van der Waals surface area contributed by atoms with Crippen LogP contribution in [0.4, 0.5) is 11.4 Å². The lowest BCUT2D eigenvalue weighted by Crippen LogP contribution is -2.20. The topological polar surface area (TPSA) is 32.3 Å². The average molecular weight is 333 g/mol. The number of hydrogen-bond donors (Lipinski definition) is 1. The SMILES string of the molecule is CCCCCC.Cc1cc(NC(=O)C2CCCC2)ccc1N(C)C. The van der Waals surface area contributed by atoms with E-state index in [4.69, 9.17) is 0 Å². The Bertz CT molecular complexity index is 487. The second kappa shape index (κ2) is 11.1. The van der Waals surface area contributed by atoms with Crippen LogP contribution in [-0.4, -0.2) is 20.0 Å². The second-order valence-corrected chi connectivity index (χ2v) is 7.07. The minimum atomic E-state index is 0.185. The largest absolute Gasteiger partial charge is 0.377 e. The number of hydrogen-bond acceptors (Lipinski definition) is 2. The summed E-state index contributed by atoms with van der Waals surface area (Å²) in [5.41, 5.74) is 3.29. The number of amides is 1. The van der Waals surface area contributed by atoms with E-state index in [1.165, 1.54) is 49.8 Å². The normalized spacial score (nSPS) is 14.0. The highest BCUT2D eigenvalue weighted by Gasteiger charge is 2.22. The maximum Gasteiger partial charge on any atom is 0.227 e. The molecule has 24 heavy (non-hydrogen) atoms. The Morgan fingerprint density at radius 2 is 1.71 bits per heavy atom. The Kier molecular flexibility index (Phi) is 9.51. The average Bonchev–Trinajstić information content (AvgIpc) is 3.08. The summed E-state index contributed by atoms with van der Waals surface area (Å²) in [6, 6.07) is 6.08. The molecular formula is C21H36N2O. The molecule has 0 saturated heterocycles. The van der Waals surface area contributed by atoms with Crippen LogP contribution in [0.25, 0.3) is 0 Å². The summed E-state index contributed by atoms with van der Waals surface area (Å²) >= 11 is 0. The highest BCUT2D eigenvalue weighted by atomic mass is 16.1. The third-order valence-electron chi connectivity index (χ3n) is 4.63. The van der Waals surface area contributed by atoms with Gasteiger partial charge in [0, 0.05) is 31.4 Å². The molecule has 1 aromatic rings. The van der Waals surface area contributed by atoms with Crippen molar-refractivity contribution in [1.29, 1.82) is 0 Å². The molecule has 1 amide bonds. The first-order valence-electron chi connectivity index (χ1n) is 9.58. The van der Waals surface area contributed by atoms with Crippen molar-refractivity contribution in [2.24, 2.45) is 5.92 Å². The van der Waals surface area contributed by atoms with Gasteiger partial charge in [-0.15, -0.1) is 0 Å². The fraction of sp³-hybridized carbons (Fsp3) is 0.667. The van der Waals surface area contributed by atoms with Crippen LogP contribution in [-0.2, 0) is 4.79 Å². The van der Waals surface area contributed by atoms with E-state index in [2.05, 4.69) is 37.1 Å². The summed E-state index contributed by atoms with van der Waals surface area (Å²) in [6.07, 6.45) is 10.0. The maximum atomic E-state index is 12.0. The molecule has 1 N–H and O–H groups in total. The number of rotatable bonds is 6. The van der Waals surface area contributed by atoms with Gasteiger partial charge in [-0.25, -0.2) is 0 Å². The molecule has 1 fully saturated rings. The molecule has 3 nitrogen and oxygen atoms in total. The van der Waals surface area contributed by atoms with Crippen molar-refractivity contribution >= 4 is 17.3 Å². The third-order valence-corrected chi connectivity index (χ3v) is 4.63. The zero-order chi connectivity index (χ0) is 17.9. The van der Waals surface area contributed by atoms with Gasteiger partial charge >= 0.3 is 0 Å². The van der Waals surface area contributed by atoms with E-state index in [1.54, 1.807) is 0 Å². The lowest BCUT2D eigenvalue weighted by molar-refractivity contribution is -0.119. The summed E-state index contributed by atoms with van der Waals surface area (Å²) in [5, 5.41) is 3.03. The van der Waals surface area contributed by atoms with Gasteiger partial charge in [0.2, 0.25) is 5.91 Å². The minimum Gasteiger partial charge on any atom is -0.377 e. The number of benzene rings is 1. The summed E-state index contributed by atoms with van der Waals surface area (Å²) in [5.74, 6) is 0.406. The lowest BCUT2D eigenvalue weighted by Gasteiger charge is -2.17. The summed E-state index contributed by atoms with van der Waals surface area (Å²) in [7, 11) is 4.05. The van der Waals surface area contributed by atoms with Crippen LogP contribution >= 0.6 is 0 Å². The predicted octanol–water partition coefficient (Wildman–Crippen LogP) is 5.78. The van der Waals surface area contributed by atoms with E-state index in [1.807, 2.05) is 26.2 Å². The molecule has 0 heterocycles. The van der Waals surface area contributed by atoms with Gasteiger partial charge < -0.3 is 10.2 Å². The molecule has 136 valence electrons. The summed E-state index contributed by atoms with van der Waals surface area (Å²) in [6.45, 7) is 6.53. The molecule has 1 saturated carbocycles. The first kappa shape index (κ1) is 20.5. The standard InChI is InChI=1S/C15H22N2O.C6H14/c1-11-10-13(8-9-14(11)17(2)3)16-15(18)12-6-4-5-7-12;1-3-5-6-4-2/h8-10,12H,4-7H2,1-3H3,(H,16,18);3-6H2,1-2H3. The third kappa shape index (κ3) is 6.94. The molecule has 0 aromatic heterocycles. The van der Waals surface area contributed by atoms with Crippen molar-refractivity contribution in [3.8, 4) is 0 Å². The number of aryl methyl sites for hydroxylation is 1. The Morgan fingerprint density at radius 3 is 2.17 bits per heavy atom. The van der Waals surface area contributed by atoms with Crippen LogP contribution in [0.1, 0.15) is 70.8 Å². The van der Waals surface area contributed by atoms with Crippen molar-refractivity contribution < 1.29 is 4.79 Å². The van der Waals surface area contributed by atoms with Gasteiger partial charge in [0.05, 0.1) is 0 Å². The van der Waals surface area contributed by atoms with Crippen LogP contribution in [0.3, 0.4) is 0 Å². The molecular weight excluding hydrogens is 296 g/mol. The lowest BCUT2D eigenvalue weighted by atomic mass is 10.1. The van der Waals surface area contributed by atoms with Crippen LogP contribution < -0.4 is 10.2 Å². The number of nitrogens with one attached hydrogen (secondary N) is 1. The molecule has 0 bridgehead atoms. The molecule has 2 rings (SSSR count). The first-order valence-corrected chi connectivity index (χ1v) is 9.58. The van der Waals surface area contributed by atoms with Crippen molar-refractivity contribution in [1.82, 2.24) is 0 Å². The van der Waals surface area contributed by atoms with Crippen molar-refractivity contribution in [2.45, 2.75) is 72.1 Å². The molecule has 0 spiro atoms. The number of unbranched alkanes of at least 4 members (excludes halogenated alkanes) is 3. The van der Waals surface area contributed by atoms with E-state index in [0.717, 1.165) is 18.5 Å². The molecule has 0 atom stereocenters. The van der Waals surface area contributed by atoms with E-state index in [9.17, 15) is 4.79 Å². The Hall–Kier alpha value is -1.51. The quantitative estimate of drug-likeness (QED) is 0.670. The molecule has 1 aromatic carbocycles. The Balaban J connectivity index is 0.000000413. The van der Waals surface area contributed by atoms with Crippen LogP contribution in [0, 0.1) is 12.8 Å². The van der Waals surface area contributed by atoms with Crippen molar-refractivity contribution in [2.75, 3.05) is 24.3 Å². The first-order chi connectivity index (χ1) is 11.5. The smallest absolute Gasteiger partial charge is 0.227 e. The van der Waals surface area contributed by atoms with Gasteiger partial charge in [0.15, 0.2) is 0 Å². The van der Waals surface area contributed by atoms with Crippen molar-refractivity contribution in [3.05, 3.63) is 23.8 Å². The summed E-state index contributed by atoms with van der Waals surface area (Å²) in [4.78, 5) is 14.1. The van der Waals surface area contributed by atoms with Crippen LogP contribution in [0.15, 0.2) is 18.2 Å². The molecule has 0 aliphatic heterocycles. The number of carbonyl (C=O) groups excluding carboxylic acids is 1. The monoisotopic (exact) mass is 332 g/mol. The van der Waals surface area contributed by atoms with Gasteiger partial charge in [-0.3, -0.25) is 4.79 Å². The zero-order valence-corrected chi connectivity index (χ0v) is 16.3. The van der Waals surface area contributed by atoms with E-state index in [-0.39, 0.29) is 11.8 Å². The van der Waals surface area contributed by atoms with E-state index >= 15 is 0 Å². The highest BCUT2D eigenvalue weighted by molar-refractivity contribution is 5.93. The van der Waals surface area contributed by atoms with Crippen molar-refractivity contribution in [3.63, 3.8) is 0 Å². The number of nitrogens with zero attached hydrogens (tertiary/aromatic N) is 1. The molecule has 1 aliphatic rings. The number of carbonyl (C=O) groups is 1. The van der Waals surface area contributed by atoms with Crippen LogP contribution in [0.5, 0.6) is 0 Å². The summed E-state index contributed by atoms with van der Waals surface area (Å²) < 4.78 is 0. The fourth-order valence-corrected chi connectivity index (χ4v) is 3.17. The van der Waals surface area contributed by atoms with Gasteiger partial charge in [-0.2, -0.15) is 0 Å². The second-order valence-electron chi connectivity index (χ2n) is 7.07. The Labute approximate surface area is 148 Å². The molecule has 0 unspecified atom stereocenters. The van der Waals surface area contributed by atoms with Gasteiger partial charge in [0.25, 0.3) is 0 Å². The minimum absolute atomic E-state index is 0.185.